The van der Waals surface area contributed by atoms with Crippen molar-refractivity contribution in [1.29, 1.82) is 0 Å². The van der Waals surface area contributed by atoms with E-state index in [9.17, 15) is 9.59 Å². The van der Waals surface area contributed by atoms with Gasteiger partial charge in [0.1, 0.15) is 6.54 Å². The molecule has 0 aliphatic carbocycles. The molecule has 0 spiro atoms. The van der Waals surface area contributed by atoms with E-state index in [-0.39, 0.29) is 48.4 Å². The molecule has 1 atom stereocenters. The second-order valence-corrected chi connectivity index (χ2v) is 6.46. The number of halogens is 1. The SMILES string of the molecule is CCNC(=NCC(=O)N1CCCCC1)NC1CCN(C(=O)CC)C1.I. The van der Waals surface area contributed by atoms with Crippen LogP contribution in [-0.2, 0) is 9.59 Å². The van der Waals surface area contributed by atoms with Gasteiger partial charge >= 0.3 is 0 Å². The fourth-order valence-electron chi connectivity index (χ4n) is 3.23. The number of likely N-dealkylation sites (tertiary alicyclic amines) is 2. The number of aliphatic imine (C=N–C) groups is 1. The van der Waals surface area contributed by atoms with Crippen molar-refractivity contribution in [3.63, 3.8) is 0 Å². The second kappa shape index (κ2) is 11.5. The Labute approximate surface area is 168 Å². The third kappa shape index (κ3) is 6.99. The maximum absolute atomic E-state index is 12.2. The van der Waals surface area contributed by atoms with E-state index in [1.807, 2.05) is 23.6 Å². The van der Waals surface area contributed by atoms with E-state index in [1.165, 1.54) is 6.42 Å². The molecule has 7 nitrogen and oxygen atoms in total. The lowest BCUT2D eigenvalue weighted by Gasteiger charge is -2.26. The minimum Gasteiger partial charge on any atom is -0.357 e. The van der Waals surface area contributed by atoms with Gasteiger partial charge in [-0.15, -0.1) is 24.0 Å². The fraction of sp³-hybridized carbons (Fsp3) is 0.824. The van der Waals surface area contributed by atoms with Crippen molar-refractivity contribution in [3.05, 3.63) is 0 Å². The molecule has 2 heterocycles. The van der Waals surface area contributed by atoms with E-state index in [0.717, 1.165) is 45.4 Å². The van der Waals surface area contributed by atoms with Gasteiger partial charge in [-0.2, -0.15) is 0 Å². The summed E-state index contributed by atoms with van der Waals surface area (Å²) in [7, 11) is 0. The van der Waals surface area contributed by atoms with Crippen LogP contribution in [0.25, 0.3) is 0 Å². The van der Waals surface area contributed by atoms with E-state index >= 15 is 0 Å². The molecule has 0 aromatic rings. The summed E-state index contributed by atoms with van der Waals surface area (Å²) in [6.07, 6.45) is 4.86. The Morgan fingerprint density at radius 2 is 1.76 bits per heavy atom. The second-order valence-electron chi connectivity index (χ2n) is 6.46. The summed E-state index contributed by atoms with van der Waals surface area (Å²) in [5.74, 6) is 0.960. The monoisotopic (exact) mass is 465 g/mol. The maximum Gasteiger partial charge on any atom is 0.244 e. The van der Waals surface area contributed by atoms with Gasteiger partial charge in [0.2, 0.25) is 11.8 Å². The molecular weight excluding hydrogens is 433 g/mol. The molecule has 1 unspecified atom stereocenters. The van der Waals surface area contributed by atoms with Gasteiger partial charge in [-0.3, -0.25) is 9.59 Å². The molecule has 25 heavy (non-hydrogen) atoms. The molecule has 2 aliphatic heterocycles. The molecule has 2 saturated heterocycles. The van der Waals surface area contributed by atoms with Crippen LogP contribution in [0.4, 0.5) is 0 Å². The van der Waals surface area contributed by atoms with Gasteiger partial charge in [-0.05, 0) is 32.6 Å². The molecule has 8 heteroatoms. The lowest BCUT2D eigenvalue weighted by molar-refractivity contribution is -0.130. The largest absolute Gasteiger partial charge is 0.357 e. The Bertz CT molecular complexity index is 466. The minimum atomic E-state index is 0. The smallest absolute Gasteiger partial charge is 0.244 e. The van der Waals surface area contributed by atoms with Crippen LogP contribution in [0.2, 0.25) is 0 Å². The first kappa shape index (κ1) is 22.0. The average molecular weight is 465 g/mol. The highest BCUT2D eigenvalue weighted by atomic mass is 127. The standard InChI is InChI=1S/C17H31N5O2.HI/c1-3-15(23)22-11-8-14(13-22)20-17(18-4-2)19-12-16(24)21-9-6-5-7-10-21;/h14H,3-13H2,1-2H3,(H2,18,19,20);1H. The molecule has 2 rings (SSSR count). The summed E-state index contributed by atoms with van der Waals surface area (Å²) in [4.78, 5) is 32.2. The first-order valence-electron chi connectivity index (χ1n) is 9.24. The number of carbonyl (C=O) groups excluding carboxylic acids is 2. The van der Waals surface area contributed by atoms with Gasteiger partial charge in [0.05, 0.1) is 0 Å². The Morgan fingerprint density at radius 1 is 1.04 bits per heavy atom. The minimum absolute atomic E-state index is 0. The van der Waals surface area contributed by atoms with Crippen LogP contribution >= 0.6 is 24.0 Å². The summed E-state index contributed by atoms with van der Waals surface area (Å²) in [5.41, 5.74) is 0. The zero-order chi connectivity index (χ0) is 17.4. The molecule has 144 valence electrons. The molecule has 2 N–H and O–H groups in total. The Kier molecular flexibility index (Phi) is 10.1. The van der Waals surface area contributed by atoms with Gasteiger partial charge in [0.15, 0.2) is 5.96 Å². The first-order chi connectivity index (χ1) is 11.6. The van der Waals surface area contributed by atoms with Crippen LogP contribution in [0, 0.1) is 0 Å². The molecule has 2 fully saturated rings. The maximum atomic E-state index is 12.2. The van der Waals surface area contributed by atoms with Gasteiger partial charge in [0.25, 0.3) is 0 Å². The van der Waals surface area contributed by atoms with E-state index in [2.05, 4.69) is 15.6 Å². The summed E-state index contributed by atoms with van der Waals surface area (Å²) in [6, 6.07) is 0.198. The van der Waals surface area contributed by atoms with Gasteiger partial charge < -0.3 is 20.4 Å². The number of nitrogens with one attached hydrogen (secondary N) is 2. The number of hydrogen-bond acceptors (Lipinski definition) is 3. The molecule has 0 saturated carbocycles. The zero-order valence-corrected chi connectivity index (χ0v) is 17.8. The lowest BCUT2D eigenvalue weighted by Crippen LogP contribution is -2.45. The number of nitrogens with zero attached hydrogens (tertiary/aromatic N) is 3. The van der Waals surface area contributed by atoms with Crippen molar-refractivity contribution in [2.45, 2.75) is 52.0 Å². The summed E-state index contributed by atoms with van der Waals surface area (Å²) in [5, 5.41) is 6.55. The zero-order valence-electron chi connectivity index (χ0n) is 15.4. The van der Waals surface area contributed by atoms with Crippen LogP contribution in [0.15, 0.2) is 4.99 Å². The quantitative estimate of drug-likeness (QED) is 0.363. The number of piperidine rings is 1. The van der Waals surface area contributed by atoms with Crippen LogP contribution in [-0.4, -0.2) is 72.9 Å². The summed E-state index contributed by atoms with van der Waals surface area (Å²) in [6.45, 7) is 8.03. The van der Waals surface area contributed by atoms with Crippen LogP contribution in [0.5, 0.6) is 0 Å². The average Bonchev–Trinajstić information content (AvgIpc) is 3.08. The van der Waals surface area contributed by atoms with Crippen LogP contribution in [0.3, 0.4) is 0 Å². The van der Waals surface area contributed by atoms with E-state index in [1.54, 1.807) is 0 Å². The van der Waals surface area contributed by atoms with Crippen molar-refractivity contribution >= 4 is 41.8 Å². The molecule has 0 radical (unpaired) electrons. The highest BCUT2D eigenvalue weighted by Crippen LogP contribution is 2.11. The molecule has 2 amide bonds. The van der Waals surface area contributed by atoms with Crippen molar-refractivity contribution in [3.8, 4) is 0 Å². The summed E-state index contributed by atoms with van der Waals surface area (Å²) >= 11 is 0. The predicted octanol–water partition coefficient (Wildman–Crippen LogP) is 1.18. The number of guanidine groups is 1. The third-order valence-electron chi connectivity index (χ3n) is 4.61. The molecule has 0 bridgehead atoms. The van der Waals surface area contributed by atoms with Gasteiger partial charge in [-0.1, -0.05) is 6.92 Å². The molecule has 0 aromatic heterocycles. The Morgan fingerprint density at radius 3 is 2.40 bits per heavy atom. The van der Waals surface area contributed by atoms with Crippen molar-refractivity contribution < 1.29 is 9.59 Å². The van der Waals surface area contributed by atoms with Crippen molar-refractivity contribution in [2.75, 3.05) is 39.3 Å². The number of hydrogen-bond donors (Lipinski definition) is 2. The number of rotatable bonds is 5. The fourth-order valence-corrected chi connectivity index (χ4v) is 3.23. The Balaban J connectivity index is 0.00000312. The van der Waals surface area contributed by atoms with E-state index in [0.29, 0.717) is 18.9 Å². The molecule has 0 aromatic carbocycles. The first-order valence-corrected chi connectivity index (χ1v) is 9.24. The highest BCUT2D eigenvalue weighted by molar-refractivity contribution is 14.0. The van der Waals surface area contributed by atoms with Gasteiger partial charge in [-0.25, -0.2) is 4.99 Å². The highest BCUT2D eigenvalue weighted by Gasteiger charge is 2.26. The van der Waals surface area contributed by atoms with Crippen LogP contribution in [0.1, 0.15) is 46.0 Å². The lowest BCUT2D eigenvalue weighted by atomic mass is 10.1. The van der Waals surface area contributed by atoms with E-state index in [4.69, 9.17) is 0 Å². The van der Waals surface area contributed by atoms with Crippen LogP contribution < -0.4 is 10.6 Å². The number of carbonyl (C=O) groups is 2. The van der Waals surface area contributed by atoms with Gasteiger partial charge in [0, 0.05) is 45.2 Å². The van der Waals surface area contributed by atoms with Crippen molar-refractivity contribution in [2.24, 2.45) is 4.99 Å². The topological polar surface area (TPSA) is 77.0 Å². The normalized spacial score (nSPS) is 20.9. The molecule has 2 aliphatic rings. The summed E-state index contributed by atoms with van der Waals surface area (Å²) < 4.78 is 0. The van der Waals surface area contributed by atoms with Crippen molar-refractivity contribution in [1.82, 2.24) is 20.4 Å². The molecular formula is C17H32IN5O2. The third-order valence-corrected chi connectivity index (χ3v) is 4.61. The predicted molar refractivity (Wildman–Crippen MR) is 110 cm³/mol. The number of amides is 2. The Hall–Kier alpha value is -1.06. The van der Waals surface area contributed by atoms with E-state index < -0.39 is 0 Å².